The Morgan fingerprint density at radius 1 is 1.04 bits per heavy atom. The predicted molar refractivity (Wildman–Crippen MR) is 101 cm³/mol. The average Bonchev–Trinajstić information content (AvgIpc) is 2.69. The maximum Gasteiger partial charge on any atom is 0.270 e. The van der Waals surface area contributed by atoms with E-state index in [2.05, 4.69) is 10.1 Å². The molecule has 0 saturated heterocycles. The van der Waals surface area contributed by atoms with Gasteiger partial charge in [0.1, 0.15) is 5.71 Å². The number of oxime groups is 1. The van der Waals surface area contributed by atoms with Gasteiger partial charge in [0.15, 0.2) is 0 Å². The van der Waals surface area contributed by atoms with Crippen LogP contribution in [0.15, 0.2) is 72.1 Å². The van der Waals surface area contributed by atoms with E-state index in [4.69, 9.17) is 5.21 Å². The minimum atomic E-state index is -0.445. The van der Waals surface area contributed by atoms with Crippen LogP contribution < -0.4 is 0 Å². The van der Waals surface area contributed by atoms with E-state index in [0.717, 1.165) is 16.7 Å². The van der Waals surface area contributed by atoms with Gasteiger partial charge in [0, 0.05) is 30.1 Å². The molecule has 1 aromatic heterocycles. The first kappa shape index (κ1) is 18.2. The number of aliphatic hydroxyl groups is 1. The summed E-state index contributed by atoms with van der Waals surface area (Å²) in [7, 11) is 0. The molecule has 27 heavy (non-hydrogen) atoms. The second kappa shape index (κ2) is 8.20. The van der Waals surface area contributed by atoms with Crippen LogP contribution in [0.1, 0.15) is 16.7 Å². The molecule has 7 nitrogen and oxygen atoms in total. The van der Waals surface area contributed by atoms with Crippen molar-refractivity contribution in [1.82, 2.24) is 4.98 Å². The van der Waals surface area contributed by atoms with E-state index in [1.165, 1.54) is 12.1 Å². The molecule has 0 amide bonds. The second-order valence-electron chi connectivity index (χ2n) is 5.96. The maximum atomic E-state index is 11.1. The van der Waals surface area contributed by atoms with E-state index >= 15 is 0 Å². The minimum Gasteiger partial charge on any atom is -0.411 e. The number of pyridine rings is 1. The lowest BCUT2D eigenvalue weighted by molar-refractivity contribution is -0.384. The number of nitrogens with zero attached hydrogens (tertiary/aromatic N) is 3. The quantitative estimate of drug-likeness (QED) is 0.302. The van der Waals surface area contributed by atoms with Gasteiger partial charge in [0.25, 0.3) is 5.69 Å². The van der Waals surface area contributed by atoms with Gasteiger partial charge in [0.2, 0.25) is 0 Å². The van der Waals surface area contributed by atoms with Gasteiger partial charge in [-0.25, -0.2) is 0 Å². The highest BCUT2D eigenvalue weighted by molar-refractivity contribution is 6.02. The predicted octanol–water partition coefficient (Wildman–Crippen LogP) is 3.42. The zero-order chi connectivity index (χ0) is 19.2. The number of aliphatic hydroxyl groups excluding tert-OH is 1. The minimum absolute atomic E-state index is 0.00760. The van der Waals surface area contributed by atoms with Gasteiger partial charge in [-0.1, -0.05) is 23.4 Å². The molecule has 136 valence electrons. The van der Waals surface area contributed by atoms with E-state index in [1.807, 2.05) is 24.3 Å². The Hall–Kier alpha value is -3.58. The van der Waals surface area contributed by atoms with E-state index in [-0.39, 0.29) is 11.4 Å². The molecule has 2 N–H and O–H groups in total. The largest absolute Gasteiger partial charge is 0.411 e. The molecule has 2 aromatic carbocycles. The van der Waals surface area contributed by atoms with Gasteiger partial charge in [-0.3, -0.25) is 15.1 Å². The van der Waals surface area contributed by atoms with Gasteiger partial charge >= 0.3 is 0 Å². The van der Waals surface area contributed by atoms with Gasteiger partial charge < -0.3 is 10.3 Å². The molecule has 0 radical (unpaired) electrons. The van der Waals surface area contributed by atoms with Crippen LogP contribution in [-0.2, 0) is 6.42 Å². The van der Waals surface area contributed by atoms with E-state index in [0.29, 0.717) is 17.5 Å². The van der Waals surface area contributed by atoms with Crippen molar-refractivity contribution < 1.29 is 15.2 Å². The third kappa shape index (κ3) is 4.34. The Morgan fingerprint density at radius 2 is 1.81 bits per heavy atom. The molecule has 0 unspecified atom stereocenters. The van der Waals surface area contributed by atoms with Crippen molar-refractivity contribution in [3.05, 3.63) is 93.8 Å². The van der Waals surface area contributed by atoms with E-state index < -0.39 is 11.5 Å². The van der Waals surface area contributed by atoms with Gasteiger partial charge in [-0.05, 0) is 52.9 Å². The Kier molecular flexibility index (Phi) is 5.53. The summed E-state index contributed by atoms with van der Waals surface area (Å²) in [6.45, 7) is -0.427. The summed E-state index contributed by atoms with van der Waals surface area (Å²) in [5.41, 5.74) is 4.01. The summed E-state index contributed by atoms with van der Waals surface area (Å²) < 4.78 is 0. The Bertz CT molecular complexity index is 988. The third-order valence-electron chi connectivity index (χ3n) is 4.14. The molecule has 0 aliphatic rings. The number of nitro groups is 1. The van der Waals surface area contributed by atoms with Crippen LogP contribution in [0.2, 0.25) is 0 Å². The number of hydrogen-bond donors (Lipinski definition) is 2. The lowest BCUT2D eigenvalue weighted by atomic mass is 9.95. The molecule has 0 bridgehead atoms. The number of aromatic nitrogens is 1. The number of rotatable bonds is 6. The standard InChI is InChI=1S/C20H17N3O4/c24-13-20(22-25)18-10-15(8-14-4-6-21-7-5-14)9-17(11-18)16-2-1-3-19(12-16)23(26)27/h1-7,9-12,24-25H,8,13H2. The van der Waals surface area contributed by atoms with Crippen LogP contribution in [0.5, 0.6) is 0 Å². The fourth-order valence-corrected chi connectivity index (χ4v) is 2.84. The lowest BCUT2D eigenvalue weighted by Crippen LogP contribution is -2.07. The van der Waals surface area contributed by atoms with Crippen molar-refractivity contribution >= 4 is 11.4 Å². The molecular weight excluding hydrogens is 346 g/mol. The molecular formula is C20H17N3O4. The summed E-state index contributed by atoms with van der Waals surface area (Å²) in [6.07, 6.45) is 4.01. The smallest absolute Gasteiger partial charge is 0.270 e. The summed E-state index contributed by atoms with van der Waals surface area (Å²) in [5.74, 6) is 0. The zero-order valence-corrected chi connectivity index (χ0v) is 14.3. The Labute approximate surface area is 155 Å². The lowest BCUT2D eigenvalue weighted by Gasteiger charge is -2.11. The molecule has 0 spiro atoms. The van der Waals surface area contributed by atoms with Crippen LogP contribution in [-0.4, -0.2) is 32.5 Å². The Morgan fingerprint density at radius 3 is 2.48 bits per heavy atom. The first-order valence-corrected chi connectivity index (χ1v) is 8.20. The normalized spacial score (nSPS) is 11.4. The van der Waals surface area contributed by atoms with Crippen molar-refractivity contribution in [1.29, 1.82) is 0 Å². The van der Waals surface area contributed by atoms with Crippen molar-refractivity contribution in [3.63, 3.8) is 0 Å². The molecule has 1 heterocycles. The van der Waals surface area contributed by atoms with Crippen molar-refractivity contribution in [3.8, 4) is 11.1 Å². The molecule has 3 rings (SSSR count). The highest BCUT2D eigenvalue weighted by atomic mass is 16.6. The van der Waals surface area contributed by atoms with Crippen LogP contribution in [0, 0.1) is 10.1 Å². The van der Waals surface area contributed by atoms with Gasteiger partial charge in [-0.2, -0.15) is 0 Å². The molecule has 0 atom stereocenters. The number of hydrogen-bond acceptors (Lipinski definition) is 6. The molecule has 7 heteroatoms. The van der Waals surface area contributed by atoms with Crippen LogP contribution in [0.3, 0.4) is 0 Å². The fourth-order valence-electron chi connectivity index (χ4n) is 2.84. The first-order chi connectivity index (χ1) is 13.1. The molecule has 0 fully saturated rings. The topological polar surface area (TPSA) is 109 Å². The second-order valence-corrected chi connectivity index (χ2v) is 5.96. The summed E-state index contributed by atoms with van der Waals surface area (Å²) in [5, 5.41) is 32.8. The third-order valence-corrected chi connectivity index (χ3v) is 4.14. The number of nitro benzene ring substituents is 1. The van der Waals surface area contributed by atoms with Gasteiger partial charge in [-0.15, -0.1) is 0 Å². The number of benzene rings is 2. The first-order valence-electron chi connectivity index (χ1n) is 8.20. The summed E-state index contributed by atoms with van der Waals surface area (Å²) in [4.78, 5) is 14.6. The van der Waals surface area contributed by atoms with Crippen molar-refractivity contribution in [2.24, 2.45) is 5.16 Å². The fraction of sp³-hybridized carbons (Fsp3) is 0.100. The van der Waals surface area contributed by atoms with Crippen molar-refractivity contribution in [2.45, 2.75) is 6.42 Å². The summed E-state index contributed by atoms with van der Waals surface area (Å²) in [6, 6.07) is 15.6. The molecule has 0 aliphatic carbocycles. The van der Waals surface area contributed by atoms with Crippen LogP contribution in [0.4, 0.5) is 5.69 Å². The monoisotopic (exact) mass is 363 g/mol. The highest BCUT2D eigenvalue weighted by Gasteiger charge is 2.12. The van der Waals surface area contributed by atoms with Gasteiger partial charge in [0.05, 0.1) is 11.5 Å². The van der Waals surface area contributed by atoms with Crippen molar-refractivity contribution in [2.75, 3.05) is 6.61 Å². The maximum absolute atomic E-state index is 11.1. The van der Waals surface area contributed by atoms with E-state index in [1.54, 1.807) is 30.6 Å². The average molecular weight is 363 g/mol. The highest BCUT2D eigenvalue weighted by Crippen LogP contribution is 2.27. The molecule has 0 saturated carbocycles. The van der Waals surface area contributed by atoms with Crippen LogP contribution >= 0.6 is 0 Å². The summed E-state index contributed by atoms with van der Waals surface area (Å²) >= 11 is 0. The number of non-ortho nitro benzene ring substituents is 1. The molecule has 3 aromatic rings. The SMILES string of the molecule is O=[N+]([O-])c1cccc(-c2cc(Cc3ccncc3)cc(C(CO)=NO)c2)c1. The van der Waals surface area contributed by atoms with Crippen LogP contribution in [0.25, 0.3) is 11.1 Å². The molecule has 0 aliphatic heterocycles. The zero-order valence-electron chi connectivity index (χ0n) is 14.3. The van der Waals surface area contributed by atoms with E-state index in [9.17, 15) is 15.2 Å². The Balaban J connectivity index is 2.09.